The van der Waals surface area contributed by atoms with Crippen LogP contribution in [0.1, 0.15) is 18.4 Å². The highest BCUT2D eigenvalue weighted by Crippen LogP contribution is 2.24. The van der Waals surface area contributed by atoms with Gasteiger partial charge in [-0.15, -0.1) is 11.3 Å². The number of rotatable bonds is 8. The first-order valence-corrected chi connectivity index (χ1v) is 11.6. The van der Waals surface area contributed by atoms with Crippen molar-refractivity contribution in [2.24, 2.45) is 0 Å². The Morgan fingerprint density at radius 3 is 3.07 bits per heavy atom. The van der Waals surface area contributed by atoms with Crippen LogP contribution in [0.15, 0.2) is 45.7 Å². The standard InChI is InChI=1S/C21H23N3O4S2/c1-27-17-7-3-2-5-14(17)12-24-20(26)19-16(8-10-29-19)23-21(24)30-13-18(25)22-11-15-6-4-9-28-15/h2-3,5,7-8,10,15H,4,6,9,11-13H2,1H3,(H,22,25). The van der Waals surface area contributed by atoms with E-state index >= 15 is 0 Å². The molecule has 1 aliphatic rings. The van der Waals surface area contributed by atoms with Crippen molar-refractivity contribution in [1.82, 2.24) is 14.9 Å². The fourth-order valence-electron chi connectivity index (χ4n) is 3.39. The van der Waals surface area contributed by atoms with Crippen molar-refractivity contribution in [3.63, 3.8) is 0 Å². The largest absolute Gasteiger partial charge is 0.496 e. The molecule has 1 aliphatic heterocycles. The maximum atomic E-state index is 13.1. The molecule has 30 heavy (non-hydrogen) atoms. The van der Waals surface area contributed by atoms with Gasteiger partial charge in [0.15, 0.2) is 5.16 Å². The molecular formula is C21H23N3O4S2. The molecule has 3 aromatic rings. The molecule has 7 nitrogen and oxygen atoms in total. The molecule has 9 heteroatoms. The van der Waals surface area contributed by atoms with Crippen LogP contribution in [-0.2, 0) is 16.1 Å². The molecule has 3 heterocycles. The first-order chi connectivity index (χ1) is 14.7. The smallest absolute Gasteiger partial charge is 0.272 e. The average molecular weight is 446 g/mol. The van der Waals surface area contributed by atoms with E-state index in [2.05, 4.69) is 10.3 Å². The summed E-state index contributed by atoms with van der Waals surface area (Å²) in [6.07, 6.45) is 2.11. The highest BCUT2D eigenvalue weighted by Gasteiger charge is 2.18. The number of methoxy groups -OCH3 is 1. The second-order valence-electron chi connectivity index (χ2n) is 6.96. The van der Waals surface area contributed by atoms with Crippen molar-refractivity contribution in [3.05, 3.63) is 51.6 Å². The third-order valence-corrected chi connectivity index (χ3v) is 6.80. The minimum Gasteiger partial charge on any atom is -0.496 e. The number of carbonyl (C=O) groups excluding carboxylic acids is 1. The number of hydrogen-bond donors (Lipinski definition) is 1. The highest BCUT2D eigenvalue weighted by molar-refractivity contribution is 7.99. The molecule has 1 saturated heterocycles. The Kier molecular flexibility index (Phi) is 6.71. The topological polar surface area (TPSA) is 82.4 Å². The predicted octanol–water partition coefficient (Wildman–Crippen LogP) is 2.90. The first-order valence-electron chi connectivity index (χ1n) is 9.76. The zero-order valence-electron chi connectivity index (χ0n) is 16.6. The van der Waals surface area contributed by atoms with Gasteiger partial charge in [-0.05, 0) is 30.4 Å². The summed E-state index contributed by atoms with van der Waals surface area (Å²) in [5, 5.41) is 5.29. The quantitative estimate of drug-likeness (QED) is 0.424. The molecule has 0 saturated carbocycles. The average Bonchev–Trinajstić information content (AvgIpc) is 3.45. The molecule has 158 valence electrons. The highest BCUT2D eigenvalue weighted by atomic mass is 32.2. The van der Waals surface area contributed by atoms with Crippen molar-refractivity contribution >= 4 is 39.2 Å². The van der Waals surface area contributed by atoms with E-state index in [1.807, 2.05) is 35.7 Å². The van der Waals surface area contributed by atoms with Crippen molar-refractivity contribution in [1.29, 1.82) is 0 Å². The lowest BCUT2D eigenvalue weighted by molar-refractivity contribution is -0.119. The number of nitrogens with one attached hydrogen (secondary N) is 1. The number of thiophene rings is 1. The number of amides is 1. The van der Waals surface area contributed by atoms with Crippen LogP contribution in [-0.4, -0.2) is 47.6 Å². The van der Waals surface area contributed by atoms with Gasteiger partial charge in [0.1, 0.15) is 10.4 Å². The van der Waals surface area contributed by atoms with Crippen molar-refractivity contribution in [2.45, 2.75) is 30.6 Å². The van der Waals surface area contributed by atoms with Crippen LogP contribution in [0.4, 0.5) is 0 Å². The lowest BCUT2D eigenvalue weighted by Crippen LogP contribution is -2.33. The molecule has 0 spiro atoms. The van der Waals surface area contributed by atoms with E-state index < -0.39 is 0 Å². The van der Waals surface area contributed by atoms with Gasteiger partial charge >= 0.3 is 0 Å². The lowest BCUT2D eigenvalue weighted by Gasteiger charge is -2.14. The molecule has 1 fully saturated rings. The first kappa shape index (κ1) is 20.9. The molecule has 1 aromatic carbocycles. The van der Waals surface area contributed by atoms with Gasteiger partial charge in [0.2, 0.25) is 5.91 Å². The van der Waals surface area contributed by atoms with Gasteiger partial charge in [-0.25, -0.2) is 4.98 Å². The number of ether oxygens (including phenoxy) is 2. The minimum atomic E-state index is -0.108. The van der Waals surface area contributed by atoms with E-state index in [0.29, 0.717) is 34.2 Å². The van der Waals surface area contributed by atoms with Gasteiger partial charge in [0.05, 0.1) is 31.0 Å². The van der Waals surface area contributed by atoms with Gasteiger partial charge in [-0.3, -0.25) is 14.2 Å². The summed E-state index contributed by atoms with van der Waals surface area (Å²) < 4.78 is 13.2. The molecule has 1 atom stereocenters. The summed E-state index contributed by atoms with van der Waals surface area (Å²) in [5.41, 5.74) is 1.43. The third kappa shape index (κ3) is 4.69. The normalized spacial score (nSPS) is 16.1. The Bertz CT molecular complexity index is 1090. The van der Waals surface area contributed by atoms with Crippen LogP contribution in [0.3, 0.4) is 0 Å². The van der Waals surface area contributed by atoms with Gasteiger partial charge in [0.25, 0.3) is 5.56 Å². The van der Waals surface area contributed by atoms with Gasteiger partial charge in [0, 0.05) is 18.7 Å². The van der Waals surface area contributed by atoms with Gasteiger partial charge < -0.3 is 14.8 Å². The van der Waals surface area contributed by atoms with E-state index in [4.69, 9.17) is 9.47 Å². The summed E-state index contributed by atoms with van der Waals surface area (Å²) in [4.78, 5) is 30.1. The maximum absolute atomic E-state index is 13.1. The van der Waals surface area contributed by atoms with Crippen molar-refractivity contribution < 1.29 is 14.3 Å². The van der Waals surface area contributed by atoms with E-state index in [-0.39, 0.29) is 23.3 Å². The summed E-state index contributed by atoms with van der Waals surface area (Å²) in [6, 6.07) is 9.41. The minimum absolute atomic E-state index is 0.0981. The van der Waals surface area contributed by atoms with Crippen LogP contribution >= 0.6 is 23.1 Å². The Balaban J connectivity index is 1.54. The number of aromatic nitrogens is 2. The fourth-order valence-corrected chi connectivity index (χ4v) is 5.00. The maximum Gasteiger partial charge on any atom is 0.272 e. The molecule has 2 aromatic heterocycles. The van der Waals surface area contributed by atoms with Crippen LogP contribution in [0.25, 0.3) is 10.2 Å². The number of carbonyl (C=O) groups is 1. The van der Waals surface area contributed by atoms with E-state index in [1.54, 1.807) is 11.7 Å². The van der Waals surface area contributed by atoms with Crippen LogP contribution < -0.4 is 15.6 Å². The summed E-state index contributed by atoms with van der Waals surface area (Å²) in [7, 11) is 1.61. The Labute approximate surface area is 182 Å². The molecule has 1 amide bonds. The molecule has 0 aliphatic carbocycles. The van der Waals surface area contributed by atoms with E-state index in [9.17, 15) is 9.59 Å². The third-order valence-electron chi connectivity index (χ3n) is 4.94. The number of nitrogens with zero attached hydrogens (tertiary/aromatic N) is 2. The summed E-state index contributed by atoms with van der Waals surface area (Å²) >= 11 is 2.64. The zero-order valence-corrected chi connectivity index (χ0v) is 18.3. The Hall–Kier alpha value is -2.36. The number of hydrogen-bond acceptors (Lipinski definition) is 7. The molecule has 1 unspecified atom stereocenters. The van der Waals surface area contributed by atoms with Crippen LogP contribution in [0, 0.1) is 0 Å². The SMILES string of the molecule is COc1ccccc1Cn1c(SCC(=O)NCC2CCCO2)nc2ccsc2c1=O. The Morgan fingerprint density at radius 2 is 2.27 bits per heavy atom. The molecule has 4 rings (SSSR count). The summed E-state index contributed by atoms with van der Waals surface area (Å²) in [6.45, 7) is 1.60. The second-order valence-corrected chi connectivity index (χ2v) is 8.82. The van der Waals surface area contributed by atoms with Gasteiger partial charge in [-0.1, -0.05) is 30.0 Å². The van der Waals surface area contributed by atoms with Crippen molar-refractivity contribution in [2.75, 3.05) is 26.0 Å². The van der Waals surface area contributed by atoms with Crippen LogP contribution in [0.5, 0.6) is 5.75 Å². The monoisotopic (exact) mass is 445 g/mol. The second kappa shape index (κ2) is 9.63. The zero-order chi connectivity index (χ0) is 20.9. The van der Waals surface area contributed by atoms with Crippen molar-refractivity contribution in [3.8, 4) is 5.75 Å². The van der Waals surface area contributed by atoms with E-state index in [1.165, 1.54) is 23.1 Å². The fraction of sp³-hybridized carbons (Fsp3) is 0.381. The number of benzene rings is 1. The number of fused-ring (bicyclic) bond motifs is 1. The number of para-hydroxylation sites is 1. The molecule has 0 bridgehead atoms. The number of thioether (sulfide) groups is 1. The summed E-state index contributed by atoms with van der Waals surface area (Å²) in [5.74, 6) is 0.792. The van der Waals surface area contributed by atoms with E-state index in [0.717, 1.165) is 25.0 Å². The predicted molar refractivity (Wildman–Crippen MR) is 119 cm³/mol. The lowest BCUT2D eigenvalue weighted by atomic mass is 10.2. The van der Waals surface area contributed by atoms with Crippen LogP contribution in [0.2, 0.25) is 0 Å². The molecule has 0 radical (unpaired) electrons. The Morgan fingerprint density at radius 1 is 1.40 bits per heavy atom. The molecule has 1 N–H and O–H groups in total. The molecular weight excluding hydrogens is 422 g/mol. The van der Waals surface area contributed by atoms with Gasteiger partial charge in [-0.2, -0.15) is 0 Å².